The molecule has 4 atom stereocenters. The zero-order chi connectivity index (χ0) is 48.9. The first-order valence-electron chi connectivity index (χ1n) is 23.9. The van der Waals surface area contributed by atoms with Crippen LogP contribution in [0.5, 0.6) is 17.2 Å². The molecule has 0 N–H and O–H groups in total. The number of methoxy groups -OCH3 is 5. The number of ether oxygens (including phenoxy) is 6. The lowest BCUT2D eigenvalue weighted by molar-refractivity contribution is -0.138. The Labute approximate surface area is 417 Å². The van der Waals surface area contributed by atoms with E-state index in [1.54, 1.807) is 57.4 Å². The summed E-state index contributed by atoms with van der Waals surface area (Å²) < 4.78 is 53.7. The molecule has 3 aliphatic rings. The van der Waals surface area contributed by atoms with Crippen molar-refractivity contribution in [2.75, 3.05) is 92.2 Å². The first-order chi connectivity index (χ1) is 33.5. The number of carbonyl (C=O) groups is 2. The molecule has 15 heteroatoms. The second-order valence-corrected chi connectivity index (χ2v) is 19.9. The number of aryl methyl sites for hydroxylation is 1. The minimum atomic E-state index is -1.22. The van der Waals surface area contributed by atoms with Crippen molar-refractivity contribution in [1.29, 1.82) is 0 Å². The summed E-state index contributed by atoms with van der Waals surface area (Å²) >= 11 is 8.29. The fourth-order valence-corrected chi connectivity index (χ4v) is 11.2. The number of fused-ring (bicyclic) bond motifs is 3. The van der Waals surface area contributed by atoms with Gasteiger partial charge >= 0.3 is 5.97 Å². The van der Waals surface area contributed by atoms with Gasteiger partial charge in [0.05, 0.1) is 58.6 Å². The van der Waals surface area contributed by atoms with Crippen LogP contribution >= 0.6 is 23.5 Å². The van der Waals surface area contributed by atoms with Gasteiger partial charge in [-0.15, -0.1) is 0 Å². The number of hydrogen-bond acceptors (Lipinski definition) is 12. The summed E-state index contributed by atoms with van der Waals surface area (Å²) in [5.74, 6) is 1.70. The van der Waals surface area contributed by atoms with Crippen LogP contribution in [0.2, 0.25) is 5.02 Å². The van der Waals surface area contributed by atoms with Gasteiger partial charge in [-0.3, -0.25) is 9.69 Å². The highest BCUT2D eigenvalue weighted by Crippen LogP contribution is 2.47. The minimum absolute atomic E-state index is 0.0595. The highest BCUT2D eigenvalue weighted by Gasteiger charge is 2.48. The molecule has 7 rings (SSSR count). The van der Waals surface area contributed by atoms with Crippen LogP contribution < -0.4 is 19.1 Å². The number of allylic oxidation sites excluding steroid dienone is 1. The molecular formula is C54H68ClFN4O8S. The highest BCUT2D eigenvalue weighted by atomic mass is 35.5. The molecule has 69 heavy (non-hydrogen) atoms. The van der Waals surface area contributed by atoms with Crippen LogP contribution in [0.1, 0.15) is 71.6 Å². The predicted octanol–water partition coefficient (Wildman–Crippen LogP) is 9.76. The Hall–Kier alpha value is -4.83. The Morgan fingerprint density at radius 2 is 1.57 bits per heavy atom. The lowest BCUT2D eigenvalue weighted by Crippen LogP contribution is -2.58. The maximum atomic E-state index is 17.7. The van der Waals surface area contributed by atoms with E-state index in [9.17, 15) is 4.79 Å². The van der Waals surface area contributed by atoms with Crippen LogP contribution in [0.4, 0.5) is 10.1 Å². The van der Waals surface area contributed by atoms with Crippen molar-refractivity contribution in [1.82, 2.24) is 14.1 Å². The van der Waals surface area contributed by atoms with Gasteiger partial charge in [0, 0.05) is 69.7 Å². The molecule has 4 aromatic carbocycles. The molecule has 12 nitrogen and oxygen atoms in total. The highest BCUT2D eigenvalue weighted by molar-refractivity contribution is 7.96. The maximum Gasteiger partial charge on any atom is 0.337 e. The Bertz CT molecular complexity index is 2300. The minimum Gasteiger partial charge on any atom is -0.497 e. The van der Waals surface area contributed by atoms with Crippen LogP contribution in [0, 0.1) is 5.92 Å². The third-order valence-corrected chi connectivity index (χ3v) is 15.2. The van der Waals surface area contributed by atoms with Gasteiger partial charge in [0.1, 0.15) is 29.1 Å². The molecule has 1 fully saturated rings. The molecule has 1 aliphatic carbocycles. The third kappa shape index (κ3) is 12.9. The number of esters is 1. The number of nitrogens with zero attached hydrogens (tertiary/aromatic N) is 4. The van der Waals surface area contributed by atoms with E-state index >= 15 is 9.18 Å². The van der Waals surface area contributed by atoms with Gasteiger partial charge in [-0.1, -0.05) is 66.9 Å². The zero-order valence-corrected chi connectivity index (χ0v) is 42.5. The number of amides is 1. The summed E-state index contributed by atoms with van der Waals surface area (Å²) in [5.41, 5.74) is 5.29. The SMILES string of the molecule is COCCN(CCOC)C(=O)C(/C(F)=C/C[C@H](C)CSN(Cc1ccc(OC)cc1)Cc1ccc(OC)cc1)N1CCC[C@H]1N1CC2(CCCc3cc(Cl)ccc32)COc2ccc(C(=O)OC)cc21. The van der Waals surface area contributed by atoms with E-state index in [4.69, 9.17) is 40.0 Å². The Morgan fingerprint density at radius 3 is 2.19 bits per heavy atom. The van der Waals surface area contributed by atoms with E-state index in [2.05, 4.69) is 52.5 Å². The van der Waals surface area contributed by atoms with Crippen LogP contribution in [-0.2, 0) is 43.9 Å². The smallest absolute Gasteiger partial charge is 0.337 e. The molecule has 2 unspecified atom stereocenters. The van der Waals surface area contributed by atoms with Gasteiger partial charge in [0.25, 0.3) is 0 Å². The average Bonchev–Trinajstić information content (AvgIpc) is 3.78. The quantitative estimate of drug-likeness (QED) is 0.0554. The number of halogens is 2. The van der Waals surface area contributed by atoms with E-state index in [1.807, 2.05) is 47.4 Å². The zero-order valence-electron chi connectivity index (χ0n) is 40.9. The fraction of sp³-hybridized carbons (Fsp3) is 0.481. The van der Waals surface area contributed by atoms with E-state index in [-0.39, 0.29) is 38.1 Å². The number of anilines is 1. The number of benzene rings is 4. The molecule has 1 saturated heterocycles. The van der Waals surface area contributed by atoms with Crippen LogP contribution in [-0.4, -0.2) is 125 Å². The summed E-state index contributed by atoms with van der Waals surface area (Å²) in [6.07, 6.45) is 5.70. The summed E-state index contributed by atoms with van der Waals surface area (Å²) in [4.78, 5) is 34.2. The number of rotatable bonds is 22. The van der Waals surface area contributed by atoms with Gasteiger partial charge in [0.15, 0.2) is 0 Å². The van der Waals surface area contributed by atoms with E-state index in [1.165, 1.54) is 18.2 Å². The largest absolute Gasteiger partial charge is 0.497 e. The third-order valence-electron chi connectivity index (χ3n) is 13.6. The second kappa shape index (κ2) is 24.8. The molecule has 0 radical (unpaired) electrons. The van der Waals surface area contributed by atoms with Gasteiger partial charge in [0.2, 0.25) is 5.91 Å². The van der Waals surface area contributed by atoms with Gasteiger partial charge in [-0.05, 0) is 121 Å². The monoisotopic (exact) mass is 986 g/mol. The molecule has 4 aromatic rings. The van der Waals surface area contributed by atoms with Crippen LogP contribution in [0.25, 0.3) is 0 Å². The average molecular weight is 988 g/mol. The van der Waals surface area contributed by atoms with E-state index in [0.29, 0.717) is 67.7 Å². The molecule has 372 valence electrons. The lowest BCUT2D eigenvalue weighted by atomic mass is 9.70. The van der Waals surface area contributed by atoms with Gasteiger partial charge in [-0.2, -0.15) is 0 Å². The van der Waals surface area contributed by atoms with Crippen molar-refractivity contribution in [2.45, 2.75) is 76.2 Å². The molecule has 2 aliphatic heterocycles. The van der Waals surface area contributed by atoms with Crippen LogP contribution in [0.3, 0.4) is 0 Å². The Balaban J connectivity index is 1.20. The van der Waals surface area contributed by atoms with Gasteiger partial charge < -0.3 is 38.2 Å². The standard InChI is InChI=1S/C54H68ClFN4O8S/c1-38(35-69-58(33-39-12-18-44(65-4)19-13-39)34-40-14-20-45(66-5)21-15-40)11-23-47(56)51(52(61)57(27-29-63-2)28-30-64-3)59-26-8-10-50(59)60-36-54(25-7-9-41-31-43(55)17-22-46(41)54)37-68-49-24-16-42(32-48(49)60)53(62)67-6/h12-24,31-32,38,50-51H,7-11,25-30,33-37H2,1-6H3/b47-23-/t38-,50+,51?,54?/m0/s1. The molecular weight excluding hydrogens is 919 g/mol. The molecule has 0 aromatic heterocycles. The van der Waals surface area contributed by atoms with Gasteiger partial charge in [-0.25, -0.2) is 13.5 Å². The molecule has 0 saturated carbocycles. The summed E-state index contributed by atoms with van der Waals surface area (Å²) in [6, 6.07) is 26.4. The summed E-state index contributed by atoms with van der Waals surface area (Å²) in [5, 5.41) is 0.688. The molecule has 0 bridgehead atoms. The van der Waals surface area contributed by atoms with E-state index < -0.39 is 29.4 Å². The Kier molecular flexibility index (Phi) is 18.7. The van der Waals surface area contributed by atoms with Crippen molar-refractivity contribution in [3.8, 4) is 17.2 Å². The first-order valence-corrected chi connectivity index (χ1v) is 25.2. The molecule has 2 heterocycles. The topological polar surface area (TPSA) is 102 Å². The fourth-order valence-electron chi connectivity index (χ4n) is 9.88. The maximum absolute atomic E-state index is 17.7. The first kappa shape index (κ1) is 52.0. The second-order valence-electron chi connectivity index (χ2n) is 18.3. The van der Waals surface area contributed by atoms with Crippen LogP contribution in [0.15, 0.2) is 96.8 Å². The Morgan fingerprint density at radius 1 is 0.899 bits per heavy atom. The molecule has 1 spiro atoms. The van der Waals surface area contributed by atoms with Crippen molar-refractivity contribution in [3.05, 3.63) is 130 Å². The van der Waals surface area contributed by atoms with E-state index in [0.717, 1.165) is 54.1 Å². The number of carbonyl (C=O) groups excluding carboxylic acids is 2. The molecule has 1 amide bonds. The van der Waals surface area contributed by atoms with Crippen molar-refractivity contribution < 1.29 is 42.4 Å². The van der Waals surface area contributed by atoms with Crippen molar-refractivity contribution in [3.63, 3.8) is 0 Å². The number of hydrogen-bond donors (Lipinski definition) is 0. The summed E-state index contributed by atoms with van der Waals surface area (Å²) in [7, 11) is 7.88. The summed E-state index contributed by atoms with van der Waals surface area (Å²) in [6.45, 7) is 6.02. The number of likely N-dealkylation sites (tertiary alicyclic amines) is 1. The normalized spacial score (nSPS) is 19.1. The predicted molar refractivity (Wildman–Crippen MR) is 271 cm³/mol. The van der Waals surface area contributed by atoms with Crippen molar-refractivity contribution >= 4 is 41.1 Å². The van der Waals surface area contributed by atoms with Crippen molar-refractivity contribution in [2.24, 2.45) is 5.92 Å². The lowest BCUT2D eigenvalue weighted by Gasteiger charge is -2.45.